The molecule has 0 radical (unpaired) electrons. The molecule has 0 atom stereocenters. The van der Waals surface area contributed by atoms with Crippen LogP contribution in [0.5, 0.6) is 0 Å². The molecule has 5 nitrogen and oxygen atoms in total. The molecule has 0 N–H and O–H groups in total. The smallest absolute Gasteiger partial charge is 0.223 e. The van der Waals surface area contributed by atoms with E-state index in [0.29, 0.717) is 0 Å². The highest BCUT2D eigenvalue weighted by Gasteiger charge is 2.35. The van der Waals surface area contributed by atoms with Gasteiger partial charge in [0.1, 0.15) is 5.82 Å². The summed E-state index contributed by atoms with van der Waals surface area (Å²) >= 11 is 1.59. The topological polar surface area (TPSA) is 39.7 Å². The second-order valence-corrected chi connectivity index (χ2v) is 11.0. The first-order valence-electron chi connectivity index (χ1n) is 12.1. The summed E-state index contributed by atoms with van der Waals surface area (Å²) in [6, 6.07) is 13.0. The number of fused-ring (bicyclic) bond motifs is 2. The number of rotatable bonds is 4. The molecule has 1 saturated heterocycles. The van der Waals surface area contributed by atoms with Crippen molar-refractivity contribution in [2.45, 2.75) is 46.0 Å². The maximum Gasteiger partial charge on any atom is 0.223 e. The summed E-state index contributed by atoms with van der Waals surface area (Å²) in [4.78, 5) is 19.5. The molecular weight excluding hydrogens is 428 g/mol. The van der Waals surface area contributed by atoms with Crippen molar-refractivity contribution in [1.82, 2.24) is 9.27 Å². The van der Waals surface area contributed by atoms with Gasteiger partial charge >= 0.3 is 0 Å². The van der Waals surface area contributed by atoms with E-state index in [0.717, 1.165) is 57.9 Å². The summed E-state index contributed by atoms with van der Waals surface area (Å²) in [5.41, 5.74) is 5.26. The van der Waals surface area contributed by atoms with Crippen molar-refractivity contribution in [3.63, 3.8) is 0 Å². The normalized spacial score (nSPS) is 18.5. The lowest BCUT2D eigenvalue weighted by atomic mass is 9.74. The van der Waals surface area contributed by atoms with Crippen LogP contribution in [0.4, 0.5) is 11.5 Å². The van der Waals surface area contributed by atoms with Crippen molar-refractivity contribution < 1.29 is 4.79 Å². The van der Waals surface area contributed by atoms with E-state index in [4.69, 9.17) is 4.37 Å². The molecule has 174 valence electrons. The van der Waals surface area contributed by atoms with E-state index >= 15 is 0 Å². The number of hydrogen-bond donors (Lipinski definition) is 0. The molecule has 0 saturated carbocycles. The van der Waals surface area contributed by atoms with Crippen LogP contribution in [0, 0.1) is 6.92 Å². The van der Waals surface area contributed by atoms with Crippen molar-refractivity contribution in [3.05, 3.63) is 53.1 Å². The van der Waals surface area contributed by atoms with Crippen molar-refractivity contribution >= 4 is 39.0 Å². The maximum atomic E-state index is 12.5. The fraction of sp³-hybridized carbons (Fsp3) is 0.481. The average molecular weight is 463 g/mol. The van der Waals surface area contributed by atoms with Crippen LogP contribution < -0.4 is 9.80 Å². The number of amides is 1. The first-order valence-corrected chi connectivity index (χ1v) is 12.9. The molecule has 3 heterocycles. The zero-order valence-corrected chi connectivity index (χ0v) is 21.0. The lowest BCUT2D eigenvalue weighted by molar-refractivity contribution is -0.116. The molecule has 0 aliphatic carbocycles. The molecule has 6 heteroatoms. The second-order valence-electron chi connectivity index (χ2n) is 10.2. The first-order chi connectivity index (χ1) is 15.8. The van der Waals surface area contributed by atoms with E-state index < -0.39 is 0 Å². The monoisotopic (exact) mass is 462 g/mol. The van der Waals surface area contributed by atoms with E-state index in [-0.39, 0.29) is 11.3 Å². The quantitative estimate of drug-likeness (QED) is 0.547. The van der Waals surface area contributed by atoms with Crippen LogP contribution >= 0.6 is 11.5 Å². The Morgan fingerprint density at radius 3 is 2.58 bits per heavy atom. The van der Waals surface area contributed by atoms with E-state index in [9.17, 15) is 4.79 Å². The summed E-state index contributed by atoms with van der Waals surface area (Å²) in [7, 11) is 0. The van der Waals surface area contributed by atoms with Gasteiger partial charge in [0.15, 0.2) is 0 Å². The third kappa shape index (κ3) is 4.15. The number of hydrogen-bond acceptors (Lipinski definition) is 5. The van der Waals surface area contributed by atoms with Gasteiger partial charge in [-0.1, -0.05) is 38.1 Å². The van der Waals surface area contributed by atoms with Gasteiger partial charge in [-0.25, -0.2) is 0 Å². The average Bonchev–Trinajstić information content (AvgIpc) is 3.22. The fourth-order valence-corrected chi connectivity index (χ4v) is 6.40. The minimum atomic E-state index is 0.101. The third-order valence-corrected chi connectivity index (χ3v) is 8.30. The molecule has 0 spiro atoms. The predicted molar refractivity (Wildman–Crippen MR) is 139 cm³/mol. The summed E-state index contributed by atoms with van der Waals surface area (Å²) in [5, 5.41) is 1.27. The molecule has 2 aliphatic heterocycles. The highest BCUT2D eigenvalue weighted by Crippen LogP contribution is 2.43. The van der Waals surface area contributed by atoms with Crippen molar-refractivity contribution in [1.29, 1.82) is 0 Å². The first kappa shape index (κ1) is 22.4. The Bertz CT molecular complexity index is 1180. The van der Waals surface area contributed by atoms with Crippen LogP contribution in [-0.4, -0.2) is 54.4 Å². The number of piperazine rings is 1. The standard InChI is InChI=1S/C27H34N4OS/c1-19-9-10-21(25-24(19)27(3,4)12-14-31(25)20(2)32)11-13-29-15-17-30(18-16-29)26-22-7-5-6-8-23(22)33-28-26/h5-10H,11-18H2,1-4H3. The van der Waals surface area contributed by atoms with Crippen LogP contribution in [0.3, 0.4) is 0 Å². The summed E-state index contributed by atoms with van der Waals surface area (Å²) in [5.74, 6) is 1.30. The largest absolute Gasteiger partial charge is 0.353 e. The number of aryl methyl sites for hydroxylation is 1. The van der Waals surface area contributed by atoms with Gasteiger partial charge in [0, 0.05) is 51.6 Å². The zero-order valence-electron chi connectivity index (χ0n) is 20.2. The minimum absolute atomic E-state index is 0.101. The molecule has 2 aliphatic rings. The minimum Gasteiger partial charge on any atom is -0.353 e. The van der Waals surface area contributed by atoms with Crippen molar-refractivity contribution in [2.75, 3.05) is 49.1 Å². The van der Waals surface area contributed by atoms with Crippen LogP contribution in [-0.2, 0) is 16.6 Å². The highest BCUT2D eigenvalue weighted by molar-refractivity contribution is 7.13. The lowest BCUT2D eigenvalue weighted by Crippen LogP contribution is -2.47. The summed E-state index contributed by atoms with van der Waals surface area (Å²) < 4.78 is 6.01. The predicted octanol–water partition coefficient (Wildman–Crippen LogP) is 5.00. The number of carbonyl (C=O) groups excluding carboxylic acids is 1. The van der Waals surface area contributed by atoms with Gasteiger partial charge in [-0.2, -0.15) is 4.37 Å². The third-order valence-electron chi connectivity index (χ3n) is 7.48. The lowest BCUT2D eigenvalue weighted by Gasteiger charge is -2.41. The van der Waals surface area contributed by atoms with Crippen LogP contribution in [0.15, 0.2) is 36.4 Å². The van der Waals surface area contributed by atoms with Gasteiger partial charge in [0.25, 0.3) is 0 Å². The van der Waals surface area contributed by atoms with Gasteiger partial charge in [0.05, 0.1) is 10.4 Å². The van der Waals surface area contributed by atoms with Crippen LogP contribution in [0.2, 0.25) is 0 Å². The Kier molecular flexibility index (Phi) is 5.91. The number of anilines is 2. The van der Waals surface area contributed by atoms with E-state index in [1.165, 1.54) is 32.5 Å². The van der Waals surface area contributed by atoms with Gasteiger partial charge in [-0.3, -0.25) is 9.69 Å². The van der Waals surface area contributed by atoms with Crippen molar-refractivity contribution in [3.8, 4) is 0 Å². The fourth-order valence-electron chi connectivity index (χ4n) is 5.60. The van der Waals surface area contributed by atoms with Gasteiger partial charge in [-0.15, -0.1) is 0 Å². The molecule has 1 fully saturated rings. The van der Waals surface area contributed by atoms with Crippen LogP contribution in [0.1, 0.15) is 43.9 Å². The van der Waals surface area contributed by atoms with Gasteiger partial charge in [0.2, 0.25) is 5.91 Å². The molecule has 3 aromatic rings. The number of aromatic nitrogens is 1. The second kappa shape index (κ2) is 8.73. The molecule has 0 unspecified atom stereocenters. The molecule has 0 bridgehead atoms. The van der Waals surface area contributed by atoms with E-state index in [1.54, 1.807) is 18.5 Å². The molecule has 1 amide bonds. The van der Waals surface area contributed by atoms with E-state index in [1.807, 2.05) is 4.90 Å². The van der Waals surface area contributed by atoms with E-state index in [2.05, 4.69) is 67.0 Å². The molecule has 5 rings (SSSR count). The molecule has 1 aromatic heterocycles. The number of carbonyl (C=O) groups is 1. The van der Waals surface area contributed by atoms with Crippen molar-refractivity contribution in [2.24, 2.45) is 0 Å². The Morgan fingerprint density at radius 2 is 1.82 bits per heavy atom. The number of benzene rings is 2. The molecular formula is C27H34N4OS. The number of nitrogens with zero attached hydrogens (tertiary/aromatic N) is 4. The highest BCUT2D eigenvalue weighted by atomic mass is 32.1. The Morgan fingerprint density at radius 1 is 1.06 bits per heavy atom. The van der Waals surface area contributed by atoms with Crippen LogP contribution in [0.25, 0.3) is 10.1 Å². The Labute approximate surface area is 201 Å². The summed E-state index contributed by atoms with van der Waals surface area (Å²) in [6.07, 6.45) is 1.99. The van der Waals surface area contributed by atoms with Gasteiger partial charge < -0.3 is 9.80 Å². The molecule has 33 heavy (non-hydrogen) atoms. The Hall–Kier alpha value is -2.44. The maximum absolute atomic E-state index is 12.5. The molecule has 2 aromatic carbocycles. The zero-order chi connectivity index (χ0) is 23.2. The SMILES string of the molecule is CC(=O)N1CCC(C)(C)c2c(C)ccc(CCN3CCN(c4nsc5ccccc45)CC3)c21. The Balaban J connectivity index is 1.29. The van der Waals surface area contributed by atoms with Gasteiger partial charge in [-0.05, 0) is 65.5 Å². The summed E-state index contributed by atoms with van der Waals surface area (Å²) in [6.45, 7) is 14.5.